The van der Waals surface area contributed by atoms with Crippen molar-refractivity contribution in [2.24, 2.45) is 0 Å². The second-order valence-electron chi connectivity index (χ2n) is 5.98. The number of hydrogen-bond donors (Lipinski definition) is 0. The molecule has 0 unspecified atom stereocenters. The van der Waals surface area contributed by atoms with Crippen molar-refractivity contribution >= 4 is 23.5 Å². The number of esters is 1. The van der Waals surface area contributed by atoms with E-state index in [0.717, 1.165) is 16.3 Å². The molecule has 0 aliphatic carbocycles. The molecule has 0 atom stereocenters. The Kier molecular flexibility index (Phi) is 5.89. The standard InChI is InChI=1S/C19H23NO3S/c1-12(2)20-13(3)10-17(14(20)4)18(21)11-23-19(22)15-6-8-16(24-5)9-7-15/h6-10,12H,11H2,1-5H3. The fourth-order valence-electron chi connectivity index (χ4n) is 2.87. The minimum absolute atomic E-state index is 0.177. The first-order chi connectivity index (χ1) is 11.3. The number of ether oxygens (including phenoxy) is 1. The Balaban J connectivity index is 2.05. The maximum Gasteiger partial charge on any atom is 0.338 e. The van der Waals surface area contributed by atoms with Crippen molar-refractivity contribution in [3.8, 4) is 0 Å². The van der Waals surface area contributed by atoms with E-state index in [0.29, 0.717) is 11.1 Å². The molecule has 0 bridgehead atoms. The third-order valence-electron chi connectivity index (χ3n) is 3.96. The molecule has 0 fully saturated rings. The zero-order chi connectivity index (χ0) is 17.9. The fourth-order valence-corrected chi connectivity index (χ4v) is 3.28. The molecular formula is C19H23NO3S. The first kappa shape index (κ1) is 18.3. The predicted molar refractivity (Wildman–Crippen MR) is 97.1 cm³/mol. The van der Waals surface area contributed by atoms with Gasteiger partial charge < -0.3 is 9.30 Å². The van der Waals surface area contributed by atoms with Crippen LogP contribution in [0.3, 0.4) is 0 Å². The Morgan fingerprint density at radius 1 is 1.17 bits per heavy atom. The molecule has 24 heavy (non-hydrogen) atoms. The van der Waals surface area contributed by atoms with Crippen LogP contribution < -0.4 is 0 Å². The SMILES string of the molecule is CSc1ccc(C(=O)OCC(=O)c2cc(C)n(C(C)C)c2C)cc1. The molecule has 2 rings (SSSR count). The van der Waals surface area contributed by atoms with Crippen LogP contribution in [0, 0.1) is 13.8 Å². The van der Waals surface area contributed by atoms with Gasteiger partial charge in [0.2, 0.25) is 5.78 Å². The lowest BCUT2D eigenvalue weighted by atomic mass is 10.1. The van der Waals surface area contributed by atoms with Gasteiger partial charge >= 0.3 is 5.97 Å². The molecule has 0 saturated heterocycles. The zero-order valence-corrected chi connectivity index (χ0v) is 15.6. The second-order valence-corrected chi connectivity index (χ2v) is 6.86. The van der Waals surface area contributed by atoms with E-state index in [1.54, 1.807) is 23.9 Å². The number of aromatic nitrogens is 1. The number of ketones is 1. The molecule has 0 spiro atoms. The molecule has 0 radical (unpaired) electrons. The number of rotatable bonds is 6. The van der Waals surface area contributed by atoms with E-state index in [4.69, 9.17) is 4.74 Å². The average molecular weight is 345 g/mol. The van der Waals surface area contributed by atoms with E-state index in [9.17, 15) is 9.59 Å². The summed E-state index contributed by atoms with van der Waals surface area (Å²) in [4.78, 5) is 25.5. The van der Waals surface area contributed by atoms with E-state index >= 15 is 0 Å². The molecule has 1 aromatic carbocycles. The lowest BCUT2D eigenvalue weighted by Crippen LogP contribution is -2.15. The molecule has 0 N–H and O–H groups in total. The molecule has 0 amide bonds. The maximum absolute atomic E-state index is 12.4. The molecule has 5 heteroatoms. The van der Waals surface area contributed by atoms with Crippen LogP contribution >= 0.6 is 11.8 Å². The number of hydrogen-bond acceptors (Lipinski definition) is 4. The van der Waals surface area contributed by atoms with Gasteiger partial charge in [0, 0.05) is 27.9 Å². The fraction of sp³-hybridized carbons (Fsp3) is 0.368. The molecular weight excluding hydrogens is 322 g/mol. The van der Waals surface area contributed by atoms with E-state index in [2.05, 4.69) is 18.4 Å². The Labute approximate surface area is 147 Å². The summed E-state index contributed by atoms with van der Waals surface area (Å²) in [6, 6.07) is 9.29. The molecule has 1 heterocycles. The van der Waals surface area contributed by atoms with Crippen molar-refractivity contribution in [2.75, 3.05) is 12.9 Å². The summed E-state index contributed by atoms with van der Waals surface area (Å²) in [6.45, 7) is 7.80. The van der Waals surface area contributed by atoms with Gasteiger partial charge in [0.1, 0.15) is 0 Å². The Bertz CT molecular complexity index is 745. The van der Waals surface area contributed by atoms with Crippen LogP contribution in [0.5, 0.6) is 0 Å². The van der Waals surface area contributed by atoms with E-state index in [1.807, 2.05) is 38.3 Å². The third kappa shape index (κ3) is 3.90. The highest BCUT2D eigenvalue weighted by Crippen LogP contribution is 2.21. The summed E-state index contributed by atoms with van der Waals surface area (Å²) < 4.78 is 7.29. The van der Waals surface area contributed by atoms with Crippen molar-refractivity contribution in [2.45, 2.75) is 38.6 Å². The van der Waals surface area contributed by atoms with Gasteiger partial charge in [0.25, 0.3) is 0 Å². The first-order valence-electron chi connectivity index (χ1n) is 7.88. The highest BCUT2D eigenvalue weighted by molar-refractivity contribution is 7.98. The number of benzene rings is 1. The van der Waals surface area contributed by atoms with E-state index in [-0.39, 0.29) is 18.4 Å². The molecule has 2 aromatic rings. The van der Waals surface area contributed by atoms with Gasteiger partial charge in [-0.25, -0.2) is 4.79 Å². The molecule has 128 valence electrons. The summed E-state index contributed by atoms with van der Waals surface area (Å²) in [5, 5.41) is 0. The summed E-state index contributed by atoms with van der Waals surface area (Å²) in [5.74, 6) is -0.655. The van der Waals surface area contributed by atoms with Gasteiger partial charge in [-0.05, 0) is 64.3 Å². The lowest BCUT2D eigenvalue weighted by Gasteiger charge is -2.13. The van der Waals surface area contributed by atoms with Gasteiger partial charge in [-0.2, -0.15) is 0 Å². The van der Waals surface area contributed by atoms with Crippen molar-refractivity contribution in [1.29, 1.82) is 0 Å². The molecule has 0 saturated carbocycles. The van der Waals surface area contributed by atoms with Gasteiger partial charge in [-0.1, -0.05) is 0 Å². The normalized spacial score (nSPS) is 10.9. The highest BCUT2D eigenvalue weighted by atomic mass is 32.2. The summed E-state index contributed by atoms with van der Waals surface area (Å²) in [6.07, 6.45) is 1.97. The van der Waals surface area contributed by atoms with Crippen molar-refractivity contribution in [1.82, 2.24) is 4.57 Å². The molecule has 1 aromatic heterocycles. The van der Waals surface area contributed by atoms with Crippen LogP contribution in [0.2, 0.25) is 0 Å². The molecule has 0 aliphatic rings. The van der Waals surface area contributed by atoms with E-state index < -0.39 is 5.97 Å². The molecule has 0 aliphatic heterocycles. The summed E-state index contributed by atoms with van der Waals surface area (Å²) >= 11 is 1.60. The van der Waals surface area contributed by atoms with Crippen molar-refractivity contribution in [3.63, 3.8) is 0 Å². The first-order valence-corrected chi connectivity index (χ1v) is 9.10. The van der Waals surface area contributed by atoms with Crippen LogP contribution in [0.1, 0.15) is 52.0 Å². The third-order valence-corrected chi connectivity index (χ3v) is 4.70. The van der Waals surface area contributed by atoms with Crippen LogP contribution in [0.15, 0.2) is 35.2 Å². The molecule has 4 nitrogen and oxygen atoms in total. The Morgan fingerprint density at radius 2 is 1.79 bits per heavy atom. The number of Topliss-reactive ketones (excluding diaryl/α,β-unsaturated/α-hetero) is 1. The maximum atomic E-state index is 12.4. The number of carbonyl (C=O) groups is 2. The monoisotopic (exact) mass is 345 g/mol. The minimum Gasteiger partial charge on any atom is -0.454 e. The topological polar surface area (TPSA) is 48.3 Å². The average Bonchev–Trinajstić information content (AvgIpc) is 2.87. The van der Waals surface area contributed by atoms with Gasteiger partial charge in [-0.15, -0.1) is 11.8 Å². The van der Waals surface area contributed by atoms with Crippen molar-refractivity contribution < 1.29 is 14.3 Å². The second kappa shape index (κ2) is 7.71. The Hall–Kier alpha value is -2.01. The van der Waals surface area contributed by atoms with Crippen LogP contribution in [0.4, 0.5) is 0 Å². The number of thioether (sulfide) groups is 1. The Morgan fingerprint density at radius 3 is 2.29 bits per heavy atom. The predicted octanol–water partition coefficient (Wildman–Crippen LogP) is 4.45. The summed E-state index contributed by atoms with van der Waals surface area (Å²) in [7, 11) is 0. The van der Waals surface area contributed by atoms with Crippen LogP contribution in [0.25, 0.3) is 0 Å². The summed E-state index contributed by atoms with van der Waals surface area (Å²) in [5.41, 5.74) is 3.01. The zero-order valence-electron chi connectivity index (χ0n) is 14.8. The number of aryl methyl sites for hydroxylation is 1. The highest BCUT2D eigenvalue weighted by Gasteiger charge is 2.18. The number of carbonyl (C=O) groups excluding carboxylic acids is 2. The number of nitrogens with zero attached hydrogens (tertiary/aromatic N) is 1. The van der Waals surface area contributed by atoms with Gasteiger partial charge in [0.15, 0.2) is 6.61 Å². The van der Waals surface area contributed by atoms with Gasteiger partial charge in [0.05, 0.1) is 5.56 Å². The van der Waals surface area contributed by atoms with Crippen LogP contribution in [-0.4, -0.2) is 29.2 Å². The quantitative estimate of drug-likeness (QED) is 0.441. The van der Waals surface area contributed by atoms with Crippen LogP contribution in [-0.2, 0) is 4.74 Å². The lowest BCUT2D eigenvalue weighted by molar-refractivity contribution is 0.0474. The van der Waals surface area contributed by atoms with E-state index in [1.165, 1.54) is 0 Å². The van der Waals surface area contributed by atoms with Crippen molar-refractivity contribution in [3.05, 3.63) is 52.8 Å². The minimum atomic E-state index is -0.478. The largest absolute Gasteiger partial charge is 0.454 e. The van der Waals surface area contributed by atoms with Gasteiger partial charge in [-0.3, -0.25) is 4.79 Å². The smallest absolute Gasteiger partial charge is 0.338 e.